The molecule has 2 aromatic rings. The summed E-state index contributed by atoms with van der Waals surface area (Å²) in [5.74, 6) is -7.77. The van der Waals surface area contributed by atoms with Crippen LogP contribution < -0.4 is 10.5 Å². The molecule has 0 saturated carbocycles. The standard InChI is InChI=1S/C13H8F5N3O3/c14-12(15,10(22)23)7-1-2-9(24-13(16,17)18)8(3-7)6-4-20-11(19)21-5-6/h1-5H,(H,22,23)(H2,19,20,21). The molecule has 0 aliphatic heterocycles. The number of ether oxygens (including phenoxy) is 1. The third kappa shape index (κ3) is 3.67. The first-order valence-corrected chi connectivity index (χ1v) is 6.10. The molecule has 2 rings (SSSR count). The monoisotopic (exact) mass is 349 g/mol. The Bertz CT molecular complexity index is 762. The quantitative estimate of drug-likeness (QED) is 0.824. The second-order valence-electron chi connectivity index (χ2n) is 4.47. The average molecular weight is 349 g/mol. The molecule has 0 amide bonds. The largest absolute Gasteiger partial charge is 0.573 e. The first kappa shape index (κ1) is 17.4. The molecule has 3 N–H and O–H groups in total. The van der Waals surface area contributed by atoms with Gasteiger partial charge >= 0.3 is 18.3 Å². The number of carboxylic acids is 1. The first-order chi connectivity index (χ1) is 11.0. The molecule has 0 aliphatic rings. The zero-order valence-corrected chi connectivity index (χ0v) is 11.5. The molecular formula is C13H8F5N3O3. The number of hydrogen-bond acceptors (Lipinski definition) is 5. The minimum atomic E-state index is -5.08. The van der Waals surface area contributed by atoms with Crippen LogP contribution in [0.5, 0.6) is 5.75 Å². The van der Waals surface area contributed by atoms with E-state index in [0.29, 0.717) is 18.2 Å². The molecule has 6 nitrogen and oxygen atoms in total. The number of alkyl halides is 5. The lowest BCUT2D eigenvalue weighted by molar-refractivity contribution is -0.274. The second-order valence-corrected chi connectivity index (χ2v) is 4.47. The summed E-state index contributed by atoms with van der Waals surface area (Å²) in [6.45, 7) is 0. The number of nitrogens with zero attached hydrogens (tertiary/aromatic N) is 2. The van der Waals surface area contributed by atoms with E-state index in [4.69, 9.17) is 10.8 Å². The van der Waals surface area contributed by atoms with Gasteiger partial charge in [0.1, 0.15) is 5.75 Å². The fourth-order valence-electron chi connectivity index (χ4n) is 1.77. The molecule has 1 heterocycles. The SMILES string of the molecule is Nc1ncc(-c2cc(C(F)(F)C(=O)O)ccc2OC(F)(F)F)cn1. The Labute approximate surface area is 130 Å². The molecule has 0 aliphatic carbocycles. The summed E-state index contributed by atoms with van der Waals surface area (Å²) in [6, 6.07) is 1.67. The highest BCUT2D eigenvalue weighted by Gasteiger charge is 2.42. The van der Waals surface area contributed by atoms with E-state index < -0.39 is 35.1 Å². The Morgan fingerprint density at radius 1 is 1.12 bits per heavy atom. The van der Waals surface area contributed by atoms with Crippen LogP contribution in [0.25, 0.3) is 11.1 Å². The first-order valence-electron chi connectivity index (χ1n) is 6.10. The molecule has 0 fully saturated rings. The van der Waals surface area contributed by atoms with Crippen molar-refractivity contribution < 1.29 is 36.6 Å². The number of nitrogens with two attached hydrogens (primary N) is 1. The maximum absolute atomic E-state index is 13.6. The van der Waals surface area contributed by atoms with Gasteiger partial charge in [0.25, 0.3) is 0 Å². The molecule has 0 spiro atoms. The van der Waals surface area contributed by atoms with Gasteiger partial charge in [-0.3, -0.25) is 0 Å². The van der Waals surface area contributed by atoms with E-state index >= 15 is 0 Å². The summed E-state index contributed by atoms with van der Waals surface area (Å²) in [7, 11) is 0. The van der Waals surface area contributed by atoms with Crippen molar-refractivity contribution in [1.29, 1.82) is 0 Å². The minimum Gasteiger partial charge on any atom is -0.477 e. The molecule has 0 atom stereocenters. The van der Waals surface area contributed by atoms with E-state index in [1.54, 1.807) is 0 Å². The normalized spacial score (nSPS) is 12.0. The van der Waals surface area contributed by atoms with Crippen LogP contribution in [0.4, 0.5) is 27.9 Å². The number of carboxylic acid groups (broad SMARTS) is 1. The number of benzene rings is 1. The Morgan fingerprint density at radius 3 is 2.21 bits per heavy atom. The van der Waals surface area contributed by atoms with Gasteiger partial charge in [0.05, 0.1) is 0 Å². The van der Waals surface area contributed by atoms with Crippen molar-refractivity contribution in [3.8, 4) is 16.9 Å². The molecule has 0 saturated heterocycles. The van der Waals surface area contributed by atoms with E-state index in [-0.39, 0.29) is 11.5 Å². The van der Waals surface area contributed by atoms with Gasteiger partial charge in [-0.1, -0.05) is 0 Å². The smallest absolute Gasteiger partial charge is 0.477 e. The minimum absolute atomic E-state index is 0.119. The highest BCUT2D eigenvalue weighted by molar-refractivity contribution is 5.79. The van der Waals surface area contributed by atoms with E-state index in [0.717, 1.165) is 12.4 Å². The van der Waals surface area contributed by atoms with E-state index in [1.807, 2.05) is 0 Å². The van der Waals surface area contributed by atoms with E-state index in [1.165, 1.54) is 0 Å². The predicted molar refractivity (Wildman–Crippen MR) is 70.1 cm³/mol. The second kappa shape index (κ2) is 5.91. The Morgan fingerprint density at radius 2 is 1.71 bits per heavy atom. The molecule has 1 aromatic heterocycles. The van der Waals surface area contributed by atoms with Gasteiger partial charge < -0.3 is 15.6 Å². The highest BCUT2D eigenvalue weighted by Crippen LogP contribution is 2.38. The van der Waals surface area contributed by atoms with Crippen molar-refractivity contribution in [2.45, 2.75) is 12.3 Å². The maximum atomic E-state index is 13.6. The van der Waals surface area contributed by atoms with Crippen LogP contribution in [-0.4, -0.2) is 27.4 Å². The molecule has 128 valence electrons. The summed E-state index contributed by atoms with van der Waals surface area (Å²) in [5.41, 5.74) is 3.64. The van der Waals surface area contributed by atoms with Crippen molar-refractivity contribution in [1.82, 2.24) is 9.97 Å². The lowest BCUT2D eigenvalue weighted by atomic mass is 10.0. The zero-order chi connectivity index (χ0) is 18.1. The van der Waals surface area contributed by atoms with Gasteiger partial charge in [-0.05, 0) is 18.2 Å². The van der Waals surface area contributed by atoms with Crippen molar-refractivity contribution in [2.24, 2.45) is 0 Å². The van der Waals surface area contributed by atoms with Crippen LogP contribution >= 0.6 is 0 Å². The van der Waals surface area contributed by atoms with Gasteiger partial charge in [-0.25, -0.2) is 14.8 Å². The maximum Gasteiger partial charge on any atom is 0.573 e. The number of carbonyl (C=O) groups is 1. The third-order valence-corrected chi connectivity index (χ3v) is 2.82. The summed E-state index contributed by atoms with van der Waals surface area (Å²) in [5, 5.41) is 8.55. The molecule has 0 radical (unpaired) electrons. The number of halogens is 5. The number of hydrogen-bond donors (Lipinski definition) is 2. The Balaban J connectivity index is 2.61. The number of aliphatic carboxylic acids is 1. The summed E-state index contributed by atoms with van der Waals surface area (Å²) in [4.78, 5) is 17.7. The van der Waals surface area contributed by atoms with Gasteiger partial charge in [0, 0.05) is 29.1 Å². The molecule has 0 bridgehead atoms. The molecule has 0 unspecified atom stereocenters. The van der Waals surface area contributed by atoms with E-state index in [9.17, 15) is 26.7 Å². The average Bonchev–Trinajstić information content (AvgIpc) is 2.46. The van der Waals surface area contributed by atoms with Crippen molar-refractivity contribution in [3.63, 3.8) is 0 Å². The van der Waals surface area contributed by atoms with Gasteiger partial charge in [0.15, 0.2) is 0 Å². The van der Waals surface area contributed by atoms with Crippen molar-refractivity contribution in [3.05, 3.63) is 36.2 Å². The van der Waals surface area contributed by atoms with Crippen LogP contribution in [-0.2, 0) is 10.7 Å². The fraction of sp³-hybridized carbons (Fsp3) is 0.154. The molecule has 1 aromatic carbocycles. The number of anilines is 1. The number of rotatable bonds is 4. The highest BCUT2D eigenvalue weighted by atomic mass is 19.4. The zero-order valence-electron chi connectivity index (χ0n) is 11.5. The van der Waals surface area contributed by atoms with E-state index in [2.05, 4.69) is 14.7 Å². The third-order valence-electron chi connectivity index (χ3n) is 2.82. The van der Waals surface area contributed by atoms with Crippen LogP contribution in [0.3, 0.4) is 0 Å². The summed E-state index contributed by atoms with van der Waals surface area (Å²) < 4.78 is 68.3. The number of aromatic nitrogens is 2. The summed E-state index contributed by atoms with van der Waals surface area (Å²) in [6.07, 6.45) is -3.10. The summed E-state index contributed by atoms with van der Waals surface area (Å²) >= 11 is 0. The lowest BCUT2D eigenvalue weighted by Gasteiger charge is -2.17. The van der Waals surface area contributed by atoms with Crippen LogP contribution in [0, 0.1) is 0 Å². The van der Waals surface area contributed by atoms with Crippen molar-refractivity contribution >= 4 is 11.9 Å². The van der Waals surface area contributed by atoms with Crippen molar-refractivity contribution in [2.75, 3.05) is 5.73 Å². The van der Waals surface area contributed by atoms with Gasteiger partial charge in [-0.2, -0.15) is 8.78 Å². The fourth-order valence-corrected chi connectivity index (χ4v) is 1.77. The molecule has 11 heteroatoms. The Kier molecular flexibility index (Phi) is 4.28. The number of nitrogen functional groups attached to an aromatic ring is 1. The topological polar surface area (TPSA) is 98.3 Å². The lowest BCUT2D eigenvalue weighted by Crippen LogP contribution is -2.25. The van der Waals surface area contributed by atoms with Crippen LogP contribution in [0.15, 0.2) is 30.6 Å². The molecular weight excluding hydrogens is 341 g/mol. The molecule has 24 heavy (non-hydrogen) atoms. The van der Waals surface area contributed by atoms with Crippen LogP contribution in [0.2, 0.25) is 0 Å². The van der Waals surface area contributed by atoms with Gasteiger partial charge in [-0.15, -0.1) is 13.2 Å². The predicted octanol–water partition coefficient (Wildman–Crippen LogP) is 2.80. The van der Waals surface area contributed by atoms with Gasteiger partial charge in [0.2, 0.25) is 5.95 Å². The van der Waals surface area contributed by atoms with Crippen LogP contribution in [0.1, 0.15) is 5.56 Å². The Hall–Kier alpha value is -2.98.